The first kappa shape index (κ1) is 10.3. The second-order valence-corrected chi connectivity index (χ2v) is 2.27. The van der Waals surface area contributed by atoms with Crippen LogP contribution in [0.25, 0.3) is 0 Å². The van der Waals surface area contributed by atoms with Crippen LogP contribution in [0.15, 0.2) is 23.7 Å². The van der Waals surface area contributed by atoms with Gasteiger partial charge in [-0.1, -0.05) is 0 Å². The van der Waals surface area contributed by atoms with Crippen molar-refractivity contribution in [2.24, 2.45) is 0 Å². The predicted molar refractivity (Wildman–Crippen MR) is 41.5 cm³/mol. The molecule has 0 bridgehead atoms. The van der Waals surface area contributed by atoms with Crippen LogP contribution in [0.5, 0.6) is 0 Å². The molecule has 78 valence electrons. The Morgan fingerprint density at radius 1 is 1.57 bits per heavy atom. The Hall–Kier alpha value is -1.79. The summed E-state index contributed by atoms with van der Waals surface area (Å²) in [6, 6.07) is 0. The van der Waals surface area contributed by atoms with E-state index in [-0.39, 0.29) is 11.4 Å². The maximum absolute atomic E-state index is 11.6. The lowest BCUT2D eigenvalue weighted by Gasteiger charge is -2.01. The Morgan fingerprint density at radius 2 is 2.29 bits per heavy atom. The number of rotatable bonds is 3. The van der Waals surface area contributed by atoms with Crippen molar-refractivity contribution in [2.45, 2.75) is 6.61 Å². The predicted octanol–water partition coefficient (Wildman–Crippen LogP) is 0.232. The lowest BCUT2D eigenvalue weighted by atomic mass is 10.4. The Balaban J connectivity index is 2.57. The van der Waals surface area contributed by atoms with Crippen molar-refractivity contribution in [1.29, 1.82) is 0 Å². The molecule has 0 saturated heterocycles. The number of esters is 1. The average Bonchev–Trinajstić information content (AvgIpc) is 2.62. The minimum atomic E-state index is -2.89. The van der Waals surface area contributed by atoms with E-state index in [9.17, 15) is 13.6 Å². The number of nitrogens with one attached hydrogen (secondary N) is 2. The highest BCUT2D eigenvalue weighted by Crippen LogP contribution is 2.07. The Bertz CT molecular complexity index is 289. The molecule has 1 aliphatic rings. The molecule has 0 aromatic carbocycles. The minimum absolute atomic E-state index is 0.122. The molecule has 1 heterocycles. The van der Waals surface area contributed by atoms with Gasteiger partial charge in [0.05, 0.1) is 12.8 Å². The molecular formula is C7H8F2N2O3. The van der Waals surface area contributed by atoms with E-state index in [4.69, 9.17) is 0 Å². The zero-order valence-corrected chi connectivity index (χ0v) is 7.21. The van der Waals surface area contributed by atoms with Crippen LogP contribution >= 0.6 is 0 Å². The van der Waals surface area contributed by atoms with Gasteiger partial charge in [0.1, 0.15) is 12.0 Å². The lowest BCUT2D eigenvalue weighted by Crippen LogP contribution is -2.27. The van der Waals surface area contributed by atoms with E-state index in [1.807, 2.05) is 0 Å². The summed E-state index contributed by atoms with van der Waals surface area (Å²) in [5.41, 5.74) is 5.20. The van der Waals surface area contributed by atoms with Gasteiger partial charge >= 0.3 is 12.6 Å². The van der Waals surface area contributed by atoms with Crippen LogP contribution in [0.4, 0.5) is 8.78 Å². The number of methoxy groups -OCH3 is 1. The number of allylic oxidation sites excluding steroid dienone is 1. The van der Waals surface area contributed by atoms with Gasteiger partial charge in [-0.25, -0.2) is 4.79 Å². The third-order valence-electron chi connectivity index (χ3n) is 1.34. The van der Waals surface area contributed by atoms with Crippen LogP contribution in [-0.4, -0.2) is 19.7 Å². The summed E-state index contributed by atoms with van der Waals surface area (Å²) in [6.45, 7) is -2.89. The van der Waals surface area contributed by atoms with Gasteiger partial charge in [0.2, 0.25) is 0 Å². The fraction of sp³-hybridized carbons (Fsp3) is 0.286. The molecule has 14 heavy (non-hydrogen) atoms. The molecule has 0 amide bonds. The number of carbonyl (C=O) groups is 1. The van der Waals surface area contributed by atoms with Crippen molar-refractivity contribution in [3.63, 3.8) is 0 Å². The van der Waals surface area contributed by atoms with Crippen LogP contribution in [0.2, 0.25) is 0 Å². The van der Waals surface area contributed by atoms with Gasteiger partial charge in [-0.15, -0.1) is 0 Å². The molecule has 0 aromatic heterocycles. The Kier molecular flexibility index (Phi) is 3.27. The molecule has 0 unspecified atom stereocenters. The van der Waals surface area contributed by atoms with Gasteiger partial charge in [-0.2, -0.15) is 8.78 Å². The van der Waals surface area contributed by atoms with Crippen LogP contribution in [0.3, 0.4) is 0 Å². The van der Waals surface area contributed by atoms with E-state index in [0.717, 1.165) is 6.26 Å². The van der Waals surface area contributed by atoms with Gasteiger partial charge in [0.15, 0.2) is 0 Å². The molecule has 2 N–H and O–H groups in total. The van der Waals surface area contributed by atoms with E-state index in [1.54, 1.807) is 0 Å². The molecular weight excluding hydrogens is 198 g/mol. The molecule has 0 aromatic rings. The van der Waals surface area contributed by atoms with Crippen molar-refractivity contribution < 1.29 is 23.0 Å². The van der Waals surface area contributed by atoms with Gasteiger partial charge < -0.3 is 9.47 Å². The van der Waals surface area contributed by atoms with Crippen LogP contribution in [0.1, 0.15) is 0 Å². The summed E-state index contributed by atoms with van der Waals surface area (Å²) in [6.07, 6.45) is 2.09. The van der Waals surface area contributed by atoms with E-state index >= 15 is 0 Å². The maximum atomic E-state index is 11.6. The normalized spacial score (nSPS) is 17.4. The third-order valence-corrected chi connectivity index (χ3v) is 1.34. The molecule has 0 radical (unpaired) electrons. The number of hydrazine groups is 1. The van der Waals surface area contributed by atoms with Crippen molar-refractivity contribution in [1.82, 2.24) is 10.9 Å². The topological polar surface area (TPSA) is 59.6 Å². The summed E-state index contributed by atoms with van der Waals surface area (Å²) >= 11 is 0. The SMILES string of the molecule is COC(=O)C1=CC(=COC(F)F)NN1. The first-order valence-electron chi connectivity index (χ1n) is 3.59. The van der Waals surface area contributed by atoms with Crippen molar-refractivity contribution in [2.75, 3.05) is 7.11 Å². The number of halogens is 2. The monoisotopic (exact) mass is 206 g/mol. The highest BCUT2D eigenvalue weighted by atomic mass is 19.3. The third kappa shape index (κ3) is 2.61. The van der Waals surface area contributed by atoms with E-state index in [0.29, 0.717) is 0 Å². The summed E-state index contributed by atoms with van der Waals surface area (Å²) in [5.74, 6) is -0.599. The van der Waals surface area contributed by atoms with Gasteiger partial charge in [-0.05, 0) is 6.08 Å². The summed E-state index contributed by atoms with van der Waals surface area (Å²) in [5, 5.41) is 0. The molecule has 0 spiro atoms. The lowest BCUT2D eigenvalue weighted by molar-refractivity contribution is -0.136. The summed E-state index contributed by atoms with van der Waals surface area (Å²) in [4.78, 5) is 10.9. The van der Waals surface area contributed by atoms with Gasteiger partial charge in [-0.3, -0.25) is 10.9 Å². The quantitative estimate of drug-likeness (QED) is 0.511. The minimum Gasteiger partial charge on any atom is -0.464 e. The van der Waals surface area contributed by atoms with E-state index < -0.39 is 12.6 Å². The van der Waals surface area contributed by atoms with Crippen LogP contribution in [-0.2, 0) is 14.3 Å². The molecule has 1 rings (SSSR count). The number of hydrogen-bond acceptors (Lipinski definition) is 5. The largest absolute Gasteiger partial charge is 0.464 e. The number of ether oxygens (including phenoxy) is 2. The standard InChI is InChI=1S/C7H8F2N2O3/c1-13-6(12)5-2-4(10-11-5)3-14-7(8)9/h2-3,7,10-11H,1H3. The average molecular weight is 206 g/mol. The van der Waals surface area contributed by atoms with Crippen molar-refractivity contribution in [3.05, 3.63) is 23.7 Å². The second kappa shape index (κ2) is 4.45. The van der Waals surface area contributed by atoms with Crippen LogP contribution in [0, 0.1) is 0 Å². The molecule has 0 aliphatic carbocycles. The number of alkyl halides is 2. The Morgan fingerprint density at radius 3 is 2.86 bits per heavy atom. The first-order chi connectivity index (χ1) is 6.63. The second-order valence-electron chi connectivity index (χ2n) is 2.27. The molecule has 0 saturated carbocycles. The molecule has 0 fully saturated rings. The maximum Gasteiger partial charge on any atom is 0.387 e. The van der Waals surface area contributed by atoms with E-state index in [2.05, 4.69) is 20.3 Å². The zero-order chi connectivity index (χ0) is 10.6. The van der Waals surface area contributed by atoms with E-state index in [1.165, 1.54) is 13.2 Å². The summed E-state index contributed by atoms with van der Waals surface area (Å²) in [7, 11) is 1.21. The zero-order valence-electron chi connectivity index (χ0n) is 7.21. The molecule has 5 nitrogen and oxygen atoms in total. The number of carbonyl (C=O) groups excluding carboxylic acids is 1. The Labute approximate surface area is 78.3 Å². The number of hydrogen-bond donors (Lipinski definition) is 2. The smallest absolute Gasteiger partial charge is 0.387 e. The highest BCUT2D eigenvalue weighted by molar-refractivity contribution is 5.88. The fourth-order valence-corrected chi connectivity index (χ4v) is 0.775. The van der Waals surface area contributed by atoms with Gasteiger partial charge in [0.25, 0.3) is 0 Å². The molecule has 7 heteroatoms. The summed E-state index contributed by atoms with van der Waals surface area (Å²) < 4.78 is 31.4. The fourth-order valence-electron chi connectivity index (χ4n) is 0.775. The highest BCUT2D eigenvalue weighted by Gasteiger charge is 2.16. The van der Waals surface area contributed by atoms with Crippen molar-refractivity contribution >= 4 is 5.97 Å². The van der Waals surface area contributed by atoms with Crippen molar-refractivity contribution in [3.8, 4) is 0 Å². The molecule has 1 aliphatic heterocycles. The molecule has 0 atom stereocenters. The first-order valence-corrected chi connectivity index (χ1v) is 3.59. The van der Waals surface area contributed by atoms with Gasteiger partial charge in [0, 0.05) is 0 Å². The van der Waals surface area contributed by atoms with Crippen LogP contribution < -0.4 is 10.9 Å².